The Labute approximate surface area is 277 Å². The van der Waals surface area contributed by atoms with Crippen molar-refractivity contribution >= 4 is 29.5 Å². The number of carboxylic acids is 3. The second kappa shape index (κ2) is 17.9. The second-order valence-electron chi connectivity index (χ2n) is 11.3. The molecule has 6 bridgehead atoms. The van der Waals surface area contributed by atoms with Crippen LogP contribution < -0.4 is 10.1 Å². The Morgan fingerprint density at radius 3 is 2.31 bits per heavy atom. The van der Waals surface area contributed by atoms with Crippen LogP contribution >= 0.6 is 0 Å². The number of aliphatic hydroxyl groups is 1. The summed E-state index contributed by atoms with van der Waals surface area (Å²) in [6, 6.07) is 16.2. The lowest BCUT2D eigenvalue weighted by Crippen LogP contribution is -2.42. The Bertz CT molecular complexity index is 1560. The number of fused-ring (bicyclic) bond motifs is 7. The Kier molecular flexibility index (Phi) is 13.4. The molecular weight excluding hydrogens is 624 g/mol. The molecule has 3 aromatic rings. The molecule has 0 spiro atoms. The summed E-state index contributed by atoms with van der Waals surface area (Å²) >= 11 is 0. The minimum absolute atomic E-state index is 0.450. The van der Waals surface area contributed by atoms with Crippen LogP contribution in [0.3, 0.4) is 0 Å². The van der Waals surface area contributed by atoms with Crippen molar-refractivity contribution in [1.29, 1.82) is 0 Å². The van der Waals surface area contributed by atoms with E-state index in [-0.39, 0.29) is 0 Å². The third-order valence-corrected chi connectivity index (χ3v) is 7.47. The van der Waals surface area contributed by atoms with E-state index < -0.39 is 36.4 Å². The summed E-state index contributed by atoms with van der Waals surface area (Å²) in [5.74, 6) is -3.62. The first-order chi connectivity index (χ1) is 23.1. The van der Waals surface area contributed by atoms with Crippen LogP contribution in [0.2, 0.25) is 0 Å². The number of carboxylic acid groups (broad SMARTS) is 3. The Balaban J connectivity index is 0.000000341. The number of aromatic nitrogens is 2. The van der Waals surface area contributed by atoms with Crippen molar-refractivity contribution in [2.45, 2.75) is 44.5 Å². The standard InChI is InChI=1S/C28H32N4O3.C6H8O7/c1-2-13-32(12-1)14-17-35-27-9-8-25-19-24(27)21-34-16-4-3-15-33-20-22-6-5-7-23(18-22)26-10-11-29-28(30-25)31-26;7-3(8)1-6(13,5(11)12)2-4(9)10/h3-11,18-19H,1-2,12-17,20-21H2,(H,29,30,31);13H,1-2H2,(H,7,8)(H,9,10)(H,11,12). The van der Waals surface area contributed by atoms with E-state index in [2.05, 4.69) is 39.5 Å². The highest BCUT2D eigenvalue weighted by Gasteiger charge is 2.40. The zero-order valence-corrected chi connectivity index (χ0v) is 26.4. The molecule has 1 fully saturated rings. The van der Waals surface area contributed by atoms with Crippen molar-refractivity contribution in [1.82, 2.24) is 14.9 Å². The average molecular weight is 665 g/mol. The molecule has 1 aromatic heterocycles. The zero-order chi connectivity index (χ0) is 34.4. The number of ether oxygens (including phenoxy) is 3. The predicted molar refractivity (Wildman–Crippen MR) is 174 cm³/mol. The molecule has 0 aliphatic carbocycles. The van der Waals surface area contributed by atoms with Gasteiger partial charge in [-0.2, -0.15) is 0 Å². The van der Waals surface area contributed by atoms with Gasteiger partial charge >= 0.3 is 17.9 Å². The van der Waals surface area contributed by atoms with E-state index in [1.165, 1.54) is 25.9 Å². The van der Waals surface area contributed by atoms with Crippen molar-refractivity contribution in [2.24, 2.45) is 0 Å². The van der Waals surface area contributed by atoms with E-state index in [0.717, 1.165) is 40.4 Å². The van der Waals surface area contributed by atoms with Gasteiger partial charge in [-0.3, -0.25) is 14.5 Å². The van der Waals surface area contributed by atoms with Gasteiger partial charge in [0.25, 0.3) is 0 Å². The monoisotopic (exact) mass is 664 g/mol. The molecule has 1 saturated heterocycles. The van der Waals surface area contributed by atoms with Gasteiger partial charge in [0.2, 0.25) is 5.95 Å². The van der Waals surface area contributed by atoms with Crippen LogP contribution in [0.25, 0.3) is 11.3 Å². The first-order valence-corrected chi connectivity index (χ1v) is 15.5. The molecule has 2 aliphatic rings. The number of nitrogens with zero attached hydrogens (tertiary/aromatic N) is 3. The van der Waals surface area contributed by atoms with Gasteiger partial charge in [0.1, 0.15) is 12.4 Å². The van der Waals surface area contributed by atoms with Crippen LogP contribution in [-0.4, -0.2) is 98.3 Å². The highest BCUT2D eigenvalue weighted by molar-refractivity contribution is 5.88. The lowest BCUT2D eigenvalue weighted by molar-refractivity contribution is -0.170. The van der Waals surface area contributed by atoms with Crippen molar-refractivity contribution in [3.8, 4) is 17.0 Å². The van der Waals surface area contributed by atoms with Crippen LogP contribution in [0, 0.1) is 0 Å². The number of carbonyl (C=O) groups is 3. The van der Waals surface area contributed by atoms with E-state index in [0.29, 0.717) is 39.0 Å². The molecule has 2 aromatic carbocycles. The topological polar surface area (TPSA) is 201 Å². The number of hydrogen-bond donors (Lipinski definition) is 5. The molecule has 0 atom stereocenters. The quantitative estimate of drug-likeness (QED) is 0.207. The summed E-state index contributed by atoms with van der Waals surface area (Å²) in [4.78, 5) is 42.1. The summed E-state index contributed by atoms with van der Waals surface area (Å²) in [6.07, 6.45) is 6.04. The maximum absolute atomic E-state index is 10.3. The van der Waals surface area contributed by atoms with Gasteiger partial charge in [0.15, 0.2) is 5.60 Å². The number of likely N-dealkylation sites (tertiary alicyclic amines) is 1. The van der Waals surface area contributed by atoms with Gasteiger partial charge in [-0.05, 0) is 61.8 Å². The van der Waals surface area contributed by atoms with Gasteiger partial charge in [-0.15, -0.1) is 0 Å². The van der Waals surface area contributed by atoms with E-state index in [1.807, 2.05) is 36.4 Å². The first-order valence-electron chi connectivity index (χ1n) is 15.5. The Morgan fingerprint density at radius 2 is 1.62 bits per heavy atom. The van der Waals surface area contributed by atoms with Crippen molar-refractivity contribution in [3.05, 3.63) is 78.0 Å². The normalized spacial score (nSPS) is 15.2. The molecule has 48 heavy (non-hydrogen) atoms. The first kappa shape index (κ1) is 36.0. The Hall–Kier alpha value is -4.89. The third kappa shape index (κ3) is 11.4. The van der Waals surface area contributed by atoms with Crippen molar-refractivity contribution < 1.29 is 49.0 Å². The lowest BCUT2D eigenvalue weighted by atomic mass is 9.96. The molecule has 3 heterocycles. The highest BCUT2D eigenvalue weighted by atomic mass is 16.5. The fourth-order valence-electron chi connectivity index (χ4n) is 5.06. The number of benzene rings is 2. The summed E-state index contributed by atoms with van der Waals surface area (Å²) < 4.78 is 17.9. The lowest BCUT2D eigenvalue weighted by Gasteiger charge is -2.18. The molecule has 2 aliphatic heterocycles. The van der Waals surface area contributed by atoms with E-state index in [4.69, 9.17) is 39.6 Å². The highest BCUT2D eigenvalue weighted by Crippen LogP contribution is 2.27. The molecule has 256 valence electrons. The number of hydrogen-bond acceptors (Lipinski definition) is 11. The molecule has 14 heteroatoms. The van der Waals surface area contributed by atoms with Crippen LogP contribution in [0.5, 0.6) is 5.75 Å². The fourth-order valence-corrected chi connectivity index (χ4v) is 5.06. The molecule has 5 N–H and O–H groups in total. The molecule has 0 amide bonds. The average Bonchev–Trinajstić information content (AvgIpc) is 3.56. The number of rotatable bonds is 9. The fraction of sp³-hybridized carbons (Fsp3) is 0.382. The molecule has 0 radical (unpaired) electrons. The largest absolute Gasteiger partial charge is 0.492 e. The predicted octanol–water partition coefficient (Wildman–Crippen LogP) is 3.72. The van der Waals surface area contributed by atoms with Gasteiger partial charge in [0.05, 0.1) is 45.0 Å². The maximum Gasteiger partial charge on any atom is 0.336 e. The van der Waals surface area contributed by atoms with Gasteiger partial charge < -0.3 is 40.0 Å². The number of nitrogens with one attached hydrogen (secondary N) is 1. The molecule has 0 unspecified atom stereocenters. The molecule has 0 saturated carbocycles. The van der Waals surface area contributed by atoms with Gasteiger partial charge in [0, 0.05) is 29.6 Å². The molecule has 5 rings (SSSR count). The number of aliphatic carboxylic acids is 3. The van der Waals surface area contributed by atoms with E-state index >= 15 is 0 Å². The maximum atomic E-state index is 10.3. The van der Waals surface area contributed by atoms with E-state index in [9.17, 15) is 14.4 Å². The number of anilines is 2. The zero-order valence-electron chi connectivity index (χ0n) is 26.4. The Morgan fingerprint density at radius 1 is 0.917 bits per heavy atom. The third-order valence-electron chi connectivity index (χ3n) is 7.47. The summed E-state index contributed by atoms with van der Waals surface area (Å²) in [6.45, 7) is 5.99. The van der Waals surface area contributed by atoms with Gasteiger partial charge in [-0.25, -0.2) is 14.8 Å². The smallest absolute Gasteiger partial charge is 0.336 e. The summed E-state index contributed by atoms with van der Waals surface area (Å²) in [5, 5.41) is 37.2. The van der Waals surface area contributed by atoms with E-state index in [1.54, 1.807) is 6.20 Å². The molecule has 14 nitrogen and oxygen atoms in total. The van der Waals surface area contributed by atoms with Crippen LogP contribution in [0.15, 0.2) is 66.9 Å². The van der Waals surface area contributed by atoms with Crippen molar-refractivity contribution in [2.75, 3.05) is 44.8 Å². The SMILES string of the molecule is C1=CCOCc2cc(ccc2OCCN2CCCC2)Nc2nccc(n2)-c2cccc(c2)COC1.O=C(O)CC(O)(CC(=O)O)C(=O)O. The molecular formula is C34H40N4O10. The summed E-state index contributed by atoms with van der Waals surface area (Å²) in [5.41, 5.74) is 2.14. The van der Waals surface area contributed by atoms with Crippen LogP contribution in [0.1, 0.15) is 36.8 Å². The minimum Gasteiger partial charge on any atom is -0.492 e. The van der Waals surface area contributed by atoms with Gasteiger partial charge in [-0.1, -0.05) is 30.4 Å². The van der Waals surface area contributed by atoms with Crippen LogP contribution in [-0.2, 0) is 37.1 Å². The minimum atomic E-state index is -2.74. The summed E-state index contributed by atoms with van der Waals surface area (Å²) in [7, 11) is 0. The second-order valence-corrected chi connectivity index (χ2v) is 11.3. The van der Waals surface area contributed by atoms with Crippen molar-refractivity contribution in [3.63, 3.8) is 0 Å². The van der Waals surface area contributed by atoms with Crippen LogP contribution in [0.4, 0.5) is 11.6 Å².